The van der Waals surface area contributed by atoms with Gasteiger partial charge in [0.15, 0.2) is 0 Å². The second-order valence-corrected chi connectivity index (χ2v) is 4.31. The zero-order chi connectivity index (χ0) is 14.7. The first kappa shape index (κ1) is 17.4. The molecule has 0 spiro atoms. The van der Waals surface area contributed by atoms with Crippen LogP contribution < -0.4 is 10.6 Å². The number of nitrogens with one attached hydrogen (secondary N) is 2. The Hall–Kier alpha value is -1.63. The highest BCUT2D eigenvalue weighted by atomic mass is 16.5. The molecule has 7 heteroatoms. The number of carbonyl (C=O) groups is 3. The van der Waals surface area contributed by atoms with Crippen LogP contribution in [0.15, 0.2) is 0 Å². The van der Waals surface area contributed by atoms with E-state index in [0.717, 1.165) is 25.7 Å². The molecule has 0 aliphatic rings. The van der Waals surface area contributed by atoms with Crippen LogP contribution >= 0.6 is 0 Å². The Bertz CT molecular complexity index is 306. The van der Waals surface area contributed by atoms with Crippen LogP contribution in [0.25, 0.3) is 0 Å². The van der Waals surface area contributed by atoms with Crippen LogP contribution in [0.4, 0.5) is 4.79 Å². The van der Waals surface area contributed by atoms with Gasteiger partial charge >= 0.3 is 12.0 Å². The van der Waals surface area contributed by atoms with Crippen molar-refractivity contribution >= 4 is 17.9 Å². The third kappa shape index (κ3) is 11.2. The molecule has 1 atom stereocenters. The number of imide groups is 1. The molecule has 0 aromatic heterocycles. The summed E-state index contributed by atoms with van der Waals surface area (Å²) in [6.45, 7) is 2.94. The summed E-state index contributed by atoms with van der Waals surface area (Å²) in [6, 6.07) is -0.604. The molecule has 110 valence electrons. The highest BCUT2D eigenvalue weighted by Crippen LogP contribution is 2.02. The summed E-state index contributed by atoms with van der Waals surface area (Å²) < 4.78 is 4.55. The molecule has 0 aromatic carbocycles. The molecule has 0 aliphatic carbocycles. The summed E-state index contributed by atoms with van der Waals surface area (Å²) in [5, 5.41) is 13.0. The van der Waals surface area contributed by atoms with Crippen molar-refractivity contribution in [2.45, 2.75) is 45.6 Å². The van der Waals surface area contributed by atoms with Gasteiger partial charge in [-0.15, -0.1) is 0 Å². The fourth-order valence-corrected chi connectivity index (χ4v) is 1.43. The summed E-state index contributed by atoms with van der Waals surface area (Å²) in [7, 11) is 0. The molecule has 0 fully saturated rings. The molecule has 0 saturated carbocycles. The Labute approximate surface area is 112 Å². The van der Waals surface area contributed by atoms with E-state index in [4.69, 9.17) is 5.11 Å². The number of aliphatic carboxylic acids is 1. The van der Waals surface area contributed by atoms with Crippen LogP contribution in [0.2, 0.25) is 0 Å². The lowest BCUT2D eigenvalue weighted by Gasteiger charge is -2.13. The van der Waals surface area contributed by atoms with Gasteiger partial charge in [-0.2, -0.15) is 0 Å². The molecule has 1 unspecified atom stereocenters. The van der Waals surface area contributed by atoms with E-state index in [0.29, 0.717) is 0 Å². The quantitative estimate of drug-likeness (QED) is 0.541. The molecule has 0 bridgehead atoms. The Morgan fingerprint density at radius 2 is 1.89 bits per heavy atom. The number of hydrogen-bond acceptors (Lipinski definition) is 4. The van der Waals surface area contributed by atoms with Crippen LogP contribution in [0.3, 0.4) is 0 Å². The maximum absolute atomic E-state index is 11.4. The maximum atomic E-state index is 11.4. The smallest absolute Gasteiger partial charge is 0.329 e. The van der Waals surface area contributed by atoms with E-state index in [1.807, 2.05) is 6.92 Å². The van der Waals surface area contributed by atoms with Gasteiger partial charge in [-0.05, 0) is 13.3 Å². The molecular formula is C12H22N2O5. The van der Waals surface area contributed by atoms with Crippen LogP contribution in [0.1, 0.15) is 39.5 Å². The number of unbranched alkanes of at least 4 members (excludes halogenated alkanes) is 2. The molecule has 0 rings (SSSR count). The minimum absolute atomic E-state index is 0.0145. The van der Waals surface area contributed by atoms with E-state index in [2.05, 4.69) is 22.3 Å². The molecule has 0 radical (unpaired) electrons. The number of carbonyl (C=O) groups excluding carboxylic acids is 2. The molecule has 3 amide bonds. The first-order valence-corrected chi connectivity index (χ1v) is 6.35. The summed E-state index contributed by atoms with van der Waals surface area (Å²) >= 11 is 0. The topological polar surface area (TPSA) is 105 Å². The van der Waals surface area contributed by atoms with Gasteiger partial charge < -0.3 is 15.2 Å². The van der Waals surface area contributed by atoms with Crippen LogP contribution in [-0.2, 0) is 14.3 Å². The number of rotatable bonds is 9. The number of urea groups is 1. The molecular weight excluding hydrogens is 252 g/mol. The van der Waals surface area contributed by atoms with Crippen molar-refractivity contribution in [3.63, 3.8) is 0 Å². The lowest BCUT2D eigenvalue weighted by Crippen LogP contribution is -2.44. The third-order valence-corrected chi connectivity index (χ3v) is 2.33. The fraction of sp³-hybridized carbons (Fsp3) is 0.750. The summed E-state index contributed by atoms with van der Waals surface area (Å²) in [5.74, 6) is -1.83. The standard InChI is InChI=1S/C12H22N2O5/c1-3-4-5-6-9(2)13-12(18)14-10(15)7-19-8-11(16)17/h9H,3-8H2,1-2H3,(H,16,17)(H2,13,14,15,18). The zero-order valence-corrected chi connectivity index (χ0v) is 11.4. The largest absolute Gasteiger partial charge is 0.480 e. The van der Waals surface area contributed by atoms with Gasteiger partial charge in [0.25, 0.3) is 5.91 Å². The van der Waals surface area contributed by atoms with Gasteiger partial charge in [0.1, 0.15) is 13.2 Å². The van der Waals surface area contributed by atoms with E-state index in [9.17, 15) is 14.4 Å². The number of carboxylic acid groups (broad SMARTS) is 1. The summed E-state index contributed by atoms with van der Waals surface area (Å²) in [5.41, 5.74) is 0. The third-order valence-electron chi connectivity index (χ3n) is 2.33. The van der Waals surface area contributed by atoms with Crippen molar-refractivity contribution < 1.29 is 24.2 Å². The SMILES string of the molecule is CCCCCC(C)NC(=O)NC(=O)COCC(=O)O. The van der Waals surface area contributed by atoms with E-state index in [1.54, 1.807) is 0 Å². The minimum Gasteiger partial charge on any atom is -0.480 e. The van der Waals surface area contributed by atoms with E-state index < -0.39 is 31.1 Å². The predicted molar refractivity (Wildman–Crippen MR) is 68.7 cm³/mol. The number of hydrogen-bond donors (Lipinski definition) is 3. The molecule has 3 N–H and O–H groups in total. The fourth-order valence-electron chi connectivity index (χ4n) is 1.43. The normalized spacial score (nSPS) is 11.7. The number of carboxylic acids is 1. The van der Waals surface area contributed by atoms with Crippen molar-refractivity contribution in [1.29, 1.82) is 0 Å². The molecule has 0 saturated heterocycles. The van der Waals surface area contributed by atoms with Crippen LogP contribution in [-0.4, -0.2) is 42.3 Å². The van der Waals surface area contributed by atoms with E-state index >= 15 is 0 Å². The van der Waals surface area contributed by atoms with Crippen molar-refractivity contribution in [2.75, 3.05) is 13.2 Å². The zero-order valence-electron chi connectivity index (χ0n) is 11.4. The summed E-state index contributed by atoms with van der Waals surface area (Å²) in [4.78, 5) is 32.7. The molecule has 0 aliphatic heterocycles. The first-order chi connectivity index (χ1) is 8.95. The van der Waals surface area contributed by atoms with Gasteiger partial charge in [-0.25, -0.2) is 9.59 Å². The Morgan fingerprint density at radius 1 is 1.21 bits per heavy atom. The monoisotopic (exact) mass is 274 g/mol. The lowest BCUT2D eigenvalue weighted by atomic mass is 10.1. The van der Waals surface area contributed by atoms with Crippen molar-refractivity contribution in [3.8, 4) is 0 Å². The van der Waals surface area contributed by atoms with Crippen molar-refractivity contribution in [3.05, 3.63) is 0 Å². The average molecular weight is 274 g/mol. The Balaban J connectivity index is 3.71. The van der Waals surface area contributed by atoms with Crippen molar-refractivity contribution in [2.24, 2.45) is 0 Å². The highest BCUT2D eigenvalue weighted by Gasteiger charge is 2.11. The lowest BCUT2D eigenvalue weighted by molar-refractivity contribution is -0.143. The molecule has 7 nitrogen and oxygen atoms in total. The van der Waals surface area contributed by atoms with Gasteiger partial charge in [0, 0.05) is 6.04 Å². The second-order valence-electron chi connectivity index (χ2n) is 4.31. The Kier molecular flexibility index (Phi) is 9.42. The molecule has 0 heterocycles. The first-order valence-electron chi connectivity index (χ1n) is 6.35. The van der Waals surface area contributed by atoms with Gasteiger partial charge in [-0.1, -0.05) is 26.2 Å². The summed E-state index contributed by atoms with van der Waals surface area (Å²) in [6.07, 6.45) is 4.09. The maximum Gasteiger partial charge on any atom is 0.329 e. The van der Waals surface area contributed by atoms with Crippen LogP contribution in [0.5, 0.6) is 0 Å². The van der Waals surface area contributed by atoms with Gasteiger partial charge in [0.05, 0.1) is 0 Å². The van der Waals surface area contributed by atoms with Crippen molar-refractivity contribution in [1.82, 2.24) is 10.6 Å². The van der Waals surface area contributed by atoms with E-state index in [1.165, 1.54) is 0 Å². The second kappa shape index (κ2) is 10.3. The number of ether oxygens (including phenoxy) is 1. The van der Waals surface area contributed by atoms with Gasteiger partial charge in [-0.3, -0.25) is 10.1 Å². The van der Waals surface area contributed by atoms with E-state index in [-0.39, 0.29) is 6.04 Å². The molecule has 19 heavy (non-hydrogen) atoms. The van der Waals surface area contributed by atoms with Gasteiger partial charge in [0.2, 0.25) is 0 Å². The van der Waals surface area contributed by atoms with Crippen LogP contribution in [0, 0.1) is 0 Å². The minimum atomic E-state index is -1.17. The highest BCUT2D eigenvalue weighted by molar-refractivity contribution is 5.95. The predicted octanol–water partition coefficient (Wildman–Crippen LogP) is 0.882. The average Bonchev–Trinajstić information content (AvgIpc) is 2.28. The Morgan fingerprint density at radius 3 is 2.47 bits per heavy atom. The molecule has 0 aromatic rings. The number of amides is 3.